The molecule has 2 atom stereocenters. The van der Waals surface area contributed by atoms with Crippen LogP contribution in [0.15, 0.2) is 59.7 Å². The second-order valence-corrected chi connectivity index (χ2v) is 19.2. The lowest BCUT2D eigenvalue weighted by Crippen LogP contribution is -2.46. The molecule has 3 saturated heterocycles. The first-order valence-electron chi connectivity index (χ1n) is 24.3. The zero-order valence-electron chi connectivity index (χ0n) is 38.6. The zero-order chi connectivity index (χ0) is 45.0. The van der Waals surface area contributed by atoms with Crippen LogP contribution in [0.4, 0.5) is 5.95 Å². The highest BCUT2D eigenvalue weighted by Gasteiger charge is 2.32. The number of carbonyl (C=O) groups excluding carboxylic acids is 2. The Balaban J connectivity index is 0.704. The number of aryl methyl sites for hydroxylation is 1. The van der Waals surface area contributed by atoms with Crippen LogP contribution < -0.4 is 16.3 Å². The Bertz CT molecular complexity index is 2490. The topological polar surface area (TPSA) is 155 Å². The number of nitrogens with one attached hydrogen (secondary N) is 2. The van der Waals surface area contributed by atoms with Crippen LogP contribution in [-0.2, 0) is 34.5 Å². The maximum atomic E-state index is 13.2. The van der Waals surface area contributed by atoms with Gasteiger partial charge in [0.25, 0.3) is 0 Å². The maximum absolute atomic E-state index is 13.2. The molecule has 6 heterocycles. The molecule has 1 aliphatic carbocycles. The van der Waals surface area contributed by atoms with E-state index >= 15 is 0 Å². The van der Waals surface area contributed by atoms with E-state index in [1.54, 1.807) is 11.6 Å². The Labute approximate surface area is 382 Å². The first kappa shape index (κ1) is 45.2. The number of hydrogen-bond acceptors (Lipinski definition) is 11. The molecule has 1 unspecified atom stereocenters. The van der Waals surface area contributed by atoms with Gasteiger partial charge in [-0.2, -0.15) is 4.98 Å². The third kappa shape index (κ3) is 10.4. The number of benzene rings is 2. The van der Waals surface area contributed by atoms with Gasteiger partial charge >= 0.3 is 5.69 Å². The molecule has 65 heavy (non-hydrogen) atoms. The lowest BCUT2D eigenvalue weighted by Gasteiger charge is -2.35. The van der Waals surface area contributed by atoms with Crippen LogP contribution in [0, 0.1) is 0 Å². The molecule has 2 aromatic carbocycles. The summed E-state index contributed by atoms with van der Waals surface area (Å²) in [4.78, 5) is 54.9. The number of imide groups is 1. The van der Waals surface area contributed by atoms with Crippen LogP contribution in [0.5, 0.6) is 0 Å². The van der Waals surface area contributed by atoms with Crippen LogP contribution in [0.25, 0.3) is 33.2 Å². The number of imidazole rings is 1. The minimum Gasteiger partial charge on any atom is -0.393 e. The third-order valence-corrected chi connectivity index (χ3v) is 14.5. The Morgan fingerprint density at radius 1 is 0.862 bits per heavy atom. The number of aliphatic hydroxyl groups is 1. The van der Waals surface area contributed by atoms with Gasteiger partial charge in [0.2, 0.25) is 17.8 Å². The van der Waals surface area contributed by atoms with Gasteiger partial charge in [-0.1, -0.05) is 43.7 Å². The largest absolute Gasteiger partial charge is 0.393 e. The Kier molecular flexibility index (Phi) is 14.1. The number of ether oxygens (including phenoxy) is 1. The summed E-state index contributed by atoms with van der Waals surface area (Å²) in [5, 5.41) is 17.2. The number of hydrogen-bond donors (Lipinski definition) is 3. The van der Waals surface area contributed by atoms with Gasteiger partial charge < -0.3 is 24.6 Å². The van der Waals surface area contributed by atoms with E-state index in [0.717, 1.165) is 156 Å². The number of anilines is 1. The average molecular weight is 889 g/mol. The van der Waals surface area contributed by atoms with Crippen molar-refractivity contribution in [2.45, 2.75) is 128 Å². The molecule has 3 aliphatic heterocycles. The number of rotatable bonds is 16. The van der Waals surface area contributed by atoms with E-state index in [1.807, 2.05) is 12.3 Å². The molecule has 15 heteroatoms. The number of piperazine rings is 1. The fraction of sp³-hybridized carbons (Fsp3) is 0.580. The normalized spacial score (nSPS) is 22.5. The Hall–Kier alpha value is -4.93. The zero-order valence-corrected chi connectivity index (χ0v) is 38.6. The van der Waals surface area contributed by atoms with Gasteiger partial charge in [0, 0.05) is 114 Å². The van der Waals surface area contributed by atoms with Crippen molar-refractivity contribution in [1.82, 2.24) is 43.7 Å². The minimum atomic E-state index is -0.675. The summed E-state index contributed by atoms with van der Waals surface area (Å²) in [6.45, 7) is 14.2. The number of fused-ring (bicyclic) bond motifs is 2. The van der Waals surface area contributed by atoms with Gasteiger partial charge in [-0.05, 0) is 93.5 Å². The second kappa shape index (κ2) is 20.3. The minimum absolute atomic E-state index is 0.201. The number of amides is 2. The molecule has 0 bridgehead atoms. The molecule has 15 nitrogen and oxygen atoms in total. The molecule has 0 radical (unpaired) electrons. The molecule has 348 valence electrons. The second-order valence-electron chi connectivity index (χ2n) is 19.2. The van der Waals surface area contributed by atoms with E-state index < -0.39 is 11.9 Å². The first-order chi connectivity index (χ1) is 31.6. The van der Waals surface area contributed by atoms with Crippen molar-refractivity contribution in [3.05, 3.63) is 76.5 Å². The summed E-state index contributed by atoms with van der Waals surface area (Å²) in [6, 6.07) is 15.1. The average Bonchev–Trinajstić information content (AvgIpc) is 3.80. The van der Waals surface area contributed by atoms with Crippen molar-refractivity contribution >= 4 is 39.8 Å². The molecule has 3 N–H and O–H groups in total. The van der Waals surface area contributed by atoms with Crippen molar-refractivity contribution in [1.29, 1.82) is 0 Å². The van der Waals surface area contributed by atoms with E-state index in [9.17, 15) is 19.5 Å². The standard InChI is InChI=1S/C50H68N10O5/c1-4-6-34(2)52-49-51-30-41-42(33-59(47(41)54-49)38-12-14-39(61)15-13-38)37-10-7-35(8-11-37)31-58-26-24-56(25-27-58)21-5-28-65-40-19-22-57(23-20-40)32-36-9-16-43-45(29-36)55(3)50(64)60(43)44-17-18-46(62)53-48(44)63/h7-11,16,29-30,33-34,38-40,44,61H,4-6,12-15,17-28,31-32H2,1-3H3,(H,51,52,54)(H,53,62,63)/t34-,38?,39?,44?/m0/s1. The molecule has 1 saturated carbocycles. The first-order valence-corrected chi connectivity index (χ1v) is 24.3. The van der Waals surface area contributed by atoms with Gasteiger partial charge in [-0.3, -0.25) is 33.8 Å². The van der Waals surface area contributed by atoms with Crippen LogP contribution in [0.2, 0.25) is 0 Å². The molecule has 2 amide bonds. The summed E-state index contributed by atoms with van der Waals surface area (Å²) in [5.41, 5.74) is 7.06. The fourth-order valence-electron chi connectivity index (χ4n) is 10.7. The summed E-state index contributed by atoms with van der Waals surface area (Å²) < 4.78 is 11.9. The molecular weight excluding hydrogens is 821 g/mol. The maximum Gasteiger partial charge on any atom is 0.329 e. The number of piperidine rings is 2. The third-order valence-electron chi connectivity index (χ3n) is 14.5. The van der Waals surface area contributed by atoms with Crippen molar-refractivity contribution in [2.24, 2.45) is 7.05 Å². The molecule has 4 fully saturated rings. The lowest BCUT2D eigenvalue weighted by atomic mass is 9.93. The van der Waals surface area contributed by atoms with E-state index in [1.165, 1.54) is 15.7 Å². The quantitative estimate of drug-likeness (QED) is 0.0791. The van der Waals surface area contributed by atoms with Gasteiger partial charge in [0.15, 0.2) is 0 Å². The van der Waals surface area contributed by atoms with Crippen LogP contribution in [-0.4, -0.2) is 126 Å². The van der Waals surface area contributed by atoms with Gasteiger partial charge in [0.05, 0.1) is 23.2 Å². The monoisotopic (exact) mass is 889 g/mol. The van der Waals surface area contributed by atoms with Gasteiger partial charge in [-0.25, -0.2) is 9.78 Å². The molecule has 5 aromatic rings. The number of aromatic nitrogens is 5. The van der Waals surface area contributed by atoms with Crippen molar-refractivity contribution in [3.8, 4) is 11.1 Å². The Morgan fingerprint density at radius 3 is 2.31 bits per heavy atom. The fourth-order valence-corrected chi connectivity index (χ4v) is 10.7. The van der Waals surface area contributed by atoms with Crippen LogP contribution in [0.1, 0.15) is 108 Å². The SMILES string of the molecule is CCC[C@H](C)Nc1ncc2c(-c3ccc(CN4CCN(CCCOC5CCN(Cc6ccc7c(c6)n(C)c(=O)n7C6CCC(=O)NC6=O)CC5)CC4)cc3)cn(C3CCC(O)CC3)c2n1. The van der Waals surface area contributed by atoms with Crippen molar-refractivity contribution < 1.29 is 19.4 Å². The van der Waals surface area contributed by atoms with Crippen LogP contribution in [0.3, 0.4) is 0 Å². The molecule has 4 aliphatic rings. The highest BCUT2D eigenvalue weighted by atomic mass is 16.5. The summed E-state index contributed by atoms with van der Waals surface area (Å²) >= 11 is 0. The summed E-state index contributed by atoms with van der Waals surface area (Å²) in [6.07, 6.45) is 13.7. The van der Waals surface area contributed by atoms with E-state index in [-0.39, 0.29) is 30.2 Å². The van der Waals surface area contributed by atoms with Crippen molar-refractivity contribution in [2.75, 3.05) is 57.7 Å². The number of nitrogens with zero attached hydrogens (tertiary/aromatic N) is 8. The molecule has 3 aromatic heterocycles. The molecule has 0 spiro atoms. The van der Waals surface area contributed by atoms with E-state index in [4.69, 9.17) is 14.7 Å². The van der Waals surface area contributed by atoms with Gasteiger partial charge in [0.1, 0.15) is 11.7 Å². The highest BCUT2D eigenvalue weighted by Crippen LogP contribution is 2.37. The summed E-state index contributed by atoms with van der Waals surface area (Å²) in [7, 11) is 1.74. The van der Waals surface area contributed by atoms with Crippen molar-refractivity contribution in [3.63, 3.8) is 0 Å². The molecule has 9 rings (SSSR count). The highest BCUT2D eigenvalue weighted by molar-refractivity contribution is 6.00. The van der Waals surface area contributed by atoms with E-state index in [0.29, 0.717) is 24.5 Å². The number of likely N-dealkylation sites (tertiary alicyclic amines) is 1. The smallest absolute Gasteiger partial charge is 0.329 e. The summed E-state index contributed by atoms with van der Waals surface area (Å²) in [5.74, 6) is -0.0197. The predicted molar refractivity (Wildman–Crippen MR) is 254 cm³/mol. The van der Waals surface area contributed by atoms with Gasteiger partial charge in [-0.15, -0.1) is 0 Å². The number of carbonyl (C=O) groups is 2. The lowest BCUT2D eigenvalue weighted by molar-refractivity contribution is -0.135. The molecular formula is C50H68N10O5. The predicted octanol–water partition coefficient (Wildman–Crippen LogP) is 5.99. The Morgan fingerprint density at radius 2 is 1.57 bits per heavy atom. The van der Waals surface area contributed by atoms with E-state index in [2.05, 4.69) is 86.3 Å². The number of aliphatic hydroxyl groups excluding tert-OH is 1. The van der Waals surface area contributed by atoms with Crippen LogP contribution >= 0.6 is 0 Å².